The minimum Gasteiger partial charge on any atom is -0.273 e. The highest BCUT2D eigenvalue weighted by Gasteiger charge is 2.08. The molecule has 0 saturated heterocycles. The van der Waals surface area contributed by atoms with E-state index in [1.165, 1.54) is 12.4 Å². The smallest absolute Gasteiger partial charge is 0.269 e. The summed E-state index contributed by atoms with van der Waals surface area (Å²) in [4.78, 5) is 27.3. The Morgan fingerprint density at radius 2 is 1.75 bits per heavy atom. The van der Waals surface area contributed by atoms with Crippen LogP contribution in [0.15, 0.2) is 48.8 Å². The zero-order valence-electron chi connectivity index (χ0n) is 11.1. The van der Waals surface area contributed by atoms with Gasteiger partial charge in [-0.1, -0.05) is 24.3 Å². The lowest BCUT2D eigenvalue weighted by Gasteiger charge is -2.08. The second-order valence-corrected chi connectivity index (χ2v) is 4.34. The Kier molecular flexibility index (Phi) is 4.44. The molecule has 2 rings (SSSR count). The van der Waals surface area contributed by atoms with Gasteiger partial charge in [-0.25, -0.2) is 0 Å². The van der Waals surface area contributed by atoms with Gasteiger partial charge in [0.15, 0.2) is 0 Å². The quantitative estimate of drug-likeness (QED) is 0.827. The van der Waals surface area contributed by atoms with Crippen LogP contribution < -0.4 is 10.9 Å². The van der Waals surface area contributed by atoms with Crippen molar-refractivity contribution < 1.29 is 9.59 Å². The van der Waals surface area contributed by atoms with E-state index in [1.54, 1.807) is 12.1 Å². The molecule has 0 radical (unpaired) electrons. The number of rotatable bonds is 3. The van der Waals surface area contributed by atoms with Crippen molar-refractivity contribution in [2.45, 2.75) is 13.3 Å². The molecule has 5 heteroatoms. The largest absolute Gasteiger partial charge is 0.273 e. The molecule has 1 heterocycles. The molecule has 2 aromatic rings. The molecule has 0 fully saturated rings. The van der Waals surface area contributed by atoms with E-state index in [1.807, 2.05) is 31.2 Å². The summed E-state index contributed by atoms with van der Waals surface area (Å²) in [6, 6.07) is 10.8. The number of aryl methyl sites for hydroxylation is 1. The van der Waals surface area contributed by atoms with Crippen LogP contribution in [0.1, 0.15) is 21.5 Å². The van der Waals surface area contributed by atoms with Crippen LogP contribution in [0.5, 0.6) is 0 Å². The zero-order chi connectivity index (χ0) is 14.4. The fourth-order valence-electron chi connectivity index (χ4n) is 1.73. The predicted octanol–water partition coefficient (Wildman–Crippen LogP) is 1.39. The Balaban J connectivity index is 1.87. The number of pyridine rings is 1. The number of benzene rings is 1. The normalized spacial score (nSPS) is 9.85. The van der Waals surface area contributed by atoms with Crippen molar-refractivity contribution >= 4 is 11.8 Å². The van der Waals surface area contributed by atoms with Gasteiger partial charge in [-0.2, -0.15) is 0 Å². The number of amides is 2. The molecule has 1 aromatic heterocycles. The first-order chi connectivity index (χ1) is 9.66. The predicted molar refractivity (Wildman–Crippen MR) is 74.7 cm³/mol. The number of aromatic nitrogens is 1. The van der Waals surface area contributed by atoms with E-state index in [9.17, 15) is 9.59 Å². The van der Waals surface area contributed by atoms with Gasteiger partial charge in [0.25, 0.3) is 5.91 Å². The second kappa shape index (κ2) is 6.47. The van der Waals surface area contributed by atoms with Crippen LogP contribution in [0.25, 0.3) is 0 Å². The molecule has 0 unspecified atom stereocenters. The summed E-state index contributed by atoms with van der Waals surface area (Å²) in [7, 11) is 0. The summed E-state index contributed by atoms with van der Waals surface area (Å²) < 4.78 is 0. The number of hydrogen-bond donors (Lipinski definition) is 2. The summed E-state index contributed by atoms with van der Waals surface area (Å²) in [5, 5.41) is 0. The standard InChI is InChI=1S/C15H15N3O2/c1-11-4-2-3-5-13(11)10-14(19)17-18-15(20)12-6-8-16-9-7-12/h2-9H,10H2,1H3,(H,17,19)(H,18,20). The highest BCUT2D eigenvalue weighted by molar-refractivity contribution is 5.95. The van der Waals surface area contributed by atoms with Crippen molar-refractivity contribution in [2.75, 3.05) is 0 Å². The van der Waals surface area contributed by atoms with E-state index >= 15 is 0 Å². The van der Waals surface area contributed by atoms with E-state index in [2.05, 4.69) is 15.8 Å². The Bertz CT molecular complexity index is 612. The van der Waals surface area contributed by atoms with Gasteiger partial charge >= 0.3 is 0 Å². The molecule has 0 saturated carbocycles. The number of carbonyl (C=O) groups excluding carboxylic acids is 2. The molecule has 0 bridgehead atoms. The Morgan fingerprint density at radius 3 is 2.45 bits per heavy atom. The minimum atomic E-state index is -0.370. The molecule has 102 valence electrons. The van der Waals surface area contributed by atoms with E-state index in [-0.39, 0.29) is 18.2 Å². The van der Waals surface area contributed by atoms with Crippen molar-refractivity contribution in [1.82, 2.24) is 15.8 Å². The molecule has 0 aliphatic rings. The summed E-state index contributed by atoms with van der Waals surface area (Å²) in [5.41, 5.74) is 7.19. The first-order valence-electron chi connectivity index (χ1n) is 6.20. The molecule has 20 heavy (non-hydrogen) atoms. The number of hydrazine groups is 1. The van der Waals surface area contributed by atoms with Gasteiger partial charge in [0.1, 0.15) is 0 Å². The summed E-state index contributed by atoms with van der Waals surface area (Å²) >= 11 is 0. The third-order valence-electron chi connectivity index (χ3n) is 2.87. The molecule has 0 atom stereocenters. The van der Waals surface area contributed by atoms with E-state index < -0.39 is 0 Å². The molecule has 2 amide bonds. The van der Waals surface area contributed by atoms with Crippen molar-refractivity contribution in [3.63, 3.8) is 0 Å². The number of nitrogens with one attached hydrogen (secondary N) is 2. The molecule has 0 spiro atoms. The SMILES string of the molecule is Cc1ccccc1CC(=O)NNC(=O)c1ccncc1. The Hall–Kier alpha value is -2.69. The summed E-state index contributed by atoms with van der Waals surface area (Å²) in [6.07, 6.45) is 3.26. The van der Waals surface area contributed by atoms with Crippen molar-refractivity contribution in [3.05, 3.63) is 65.5 Å². The van der Waals surface area contributed by atoms with E-state index in [4.69, 9.17) is 0 Å². The van der Waals surface area contributed by atoms with Gasteiger partial charge in [-0.05, 0) is 30.2 Å². The fourth-order valence-corrected chi connectivity index (χ4v) is 1.73. The van der Waals surface area contributed by atoms with Gasteiger partial charge < -0.3 is 0 Å². The van der Waals surface area contributed by atoms with Crippen molar-refractivity contribution in [1.29, 1.82) is 0 Å². The number of nitrogens with zero attached hydrogens (tertiary/aromatic N) is 1. The van der Waals surface area contributed by atoms with Gasteiger partial charge in [0.05, 0.1) is 6.42 Å². The Labute approximate surface area is 117 Å². The van der Waals surface area contributed by atoms with Crippen LogP contribution in [-0.2, 0) is 11.2 Å². The van der Waals surface area contributed by atoms with Crippen LogP contribution >= 0.6 is 0 Å². The molecule has 1 aromatic carbocycles. The lowest BCUT2D eigenvalue weighted by atomic mass is 10.1. The van der Waals surface area contributed by atoms with Crippen molar-refractivity contribution in [2.24, 2.45) is 0 Å². The summed E-state index contributed by atoms with van der Waals surface area (Å²) in [6.45, 7) is 1.94. The maximum atomic E-state index is 11.8. The number of hydrogen-bond acceptors (Lipinski definition) is 3. The number of carbonyl (C=O) groups is 2. The van der Waals surface area contributed by atoms with Crippen molar-refractivity contribution in [3.8, 4) is 0 Å². The van der Waals surface area contributed by atoms with Crippen LogP contribution in [0, 0.1) is 6.92 Å². The molecule has 0 aliphatic carbocycles. The highest BCUT2D eigenvalue weighted by atomic mass is 16.2. The summed E-state index contributed by atoms with van der Waals surface area (Å²) in [5.74, 6) is -0.632. The molecule has 5 nitrogen and oxygen atoms in total. The lowest BCUT2D eigenvalue weighted by molar-refractivity contribution is -0.121. The van der Waals surface area contributed by atoms with Crippen LogP contribution in [0.4, 0.5) is 0 Å². The van der Waals surface area contributed by atoms with Crippen LogP contribution in [0.2, 0.25) is 0 Å². The first-order valence-corrected chi connectivity index (χ1v) is 6.20. The highest BCUT2D eigenvalue weighted by Crippen LogP contribution is 2.07. The van der Waals surface area contributed by atoms with Gasteiger partial charge in [0.2, 0.25) is 5.91 Å². The van der Waals surface area contributed by atoms with E-state index in [0.717, 1.165) is 11.1 Å². The van der Waals surface area contributed by atoms with Crippen LogP contribution in [-0.4, -0.2) is 16.8 Å². The molecule has 2 N–H and O–H groups in total. The maximum Gasteiger partial charge on any atom is 0.269 e. The van der Waals surface area contributed by atoms with Crippen LogP contribution in [0.3, 0.4) is 0 Å². The van der Waals surface area contributed by atoms with Gasteiger partial charge in [0, 0.05) is 18.0 Å². The molecule has 0 aliphatic heterocycles. The van der Waals surface area contributed by atoms with Gasteiger partial charge in [-0.3, -0.25) is 25.4 Å². The topological polar surface area (TPSA) is 71.1 Å². The van der Waals surface area contributed by atoms with Gasteiger partial charge in [-0.15, -0.1) is 0 Å². The first kappa shape index (κ1) is 13.7. The molecular formula is C15H15N3O2. The third-order valence-corrected chi connectivity index (χ3v) is 2.87. The van der Waals surface area contributed by atoms with E-state index in [0.29, 0.717) is 5.56 Å². The lowest BCUT2D eigenvalue weighted by Crippen LogP contribution is -2.42. The zero-order valence-corrected chi connectivity index (χ0v) is 11.1. The monoisotopic (exact) mass is 269 g/mol. The fraction of sp³-hybridized carbons (Fsp3) is 0.133. The Morgan fingerprint density at radius 1 is 1.05 bits per heavy atom. The average molecular weight is 269 g/mol. The molecular weight excluding hydrogens is 254 g/mol. The third kappa shape index (κ3) is 3.65. The average Bonchev–Trinajstić information content (AvgIpc) is 2.48. The minimum absolute atomic E-state index is 0.225. The second-order valence-electron chi connectivity index (χ2n) is 4.34. The maximum absolute atomic E-state index is 11.8.